The average Bonchev–Trinajstić information content (AvgIpc) is 1.82. The van der Waals surface area contributed by atoms with Crippen LogP contribution in [-0.2, 0) is 9.59 Å². The molecule has 0 aliphatic heterocycles. The van der Waals surface area contributed by atoms with Crippen LogP contribution in [0.5, 0.6) is 0 Å². The van der Waals surface area contributed by atoms with E-state index < -0.39 is 24.8 Å². The van der Waals surface area contributed by atoms with Crippen molar-refractivity contribution >= 4 is 31.5 Å². The number of alkyl halides is 1. The zero-order valence-corrected chi connectivity index (χ0v) is 9.81. The summed E-state index contributed by atoms with van der Waals surface area (Å²) in [7, 11) is -1.65. The van der Waals surface area contributed by atoms with Gasteiger partial charge in [0.2, 0.25) is 11.8 Å². The van der Waals surface area contributed by atoms with E-state index in [0.29, 0.717) is 0 Å². The summed E-state index contributed by atoms with van der Waals surface area (Å²) in [5.41, 5.74) is 10.1. The molecule has 0 aliphatic carbocycles. The highest BCUT2D eigenvalue weighted by Crippen LogP contribution is 2.27. The van der Waals surface area contributed by atoms with Crippen molar-refractivity contribution in [3.05, 3.63) is 0 Å². The molecule has 0 aliphatic rings. The molecule has 6 heteroatoms. The third kappa shape index (κ3) is 3.36. The molecule has 0 spiro atoms. The monoisotopic (exact) mass is 222 g/mol. The first-order valence-corrected chi connectivity index (χ1v) is 7.97. The molecule has 0 saturated heterocycles. The summed E-state index contributed by atoms with van der Waals surface area (Å²) < 4.78 is 0. The second kappa shape index (κ2) is 3.67. The maximum Gasteiger partial charge on any atom is 0.247 e. The number of primary amides is 2. The largest absolute Gasteiger partial charge is 0.368 e. The molecule has 0 aromatic carbocycles. The van der Waals surface area contributed by atoms with Crippen molar-refractivity contribution in [1.29, 1.82) is 0 Å². The SMILES string of the molecule is C[Si](C)(C)CC(Cl)(C(N)=O)C(N)=O. The van der Waals surface area contributed by atoms with E-state index in [1.807, 2.05) is 19.6 Å². The number of rotatable bonds is 4. The van der Waals surface area contributed by atoms with Crippen molar-refractivity contribution in [2.24, 2.45) is 11.5 Å². The van der Waals surface area contributed by atoms with Crippen LogP contribution < -0.4 is 11.5 Å². The van der Waals surface area contributed by atoms with Crippen LogP contribution in [0.2, 0.25) is 25.7 Å². The molecule has 0 bridgehead atoms. The normalized spacial score (nSPS) is 12.6. The van der Waals surface area contributed by atoms with Crippen LogP contribution in [0.3, 0.4) is 0 Å². The Morgan fingerprint density at radius 3 is 1.62 bits per heavy atom. The van der Waals surface area contributed by atoms with Crippen molar-refractivity contribution in [3.8, 4) is 0 Å². The zero-order valence-electron chi connectivity index (χ0n) is 8.06. The van der Waals surface area contributed by atoms with Gasteiger partial charge in [-0.1, -0.05) is 31.2 Å². The molecule has 0 saturated carbocycles. The predicted molar refractivity (Wildman–Crippen MR) is 55.1 cm³/mol. The molecule has 0 radical (unpaired) electrons. The highest BCUT2D eigenvalue weighted by Gasteiger charge is 2.44. The summed E-state index contributed by atoms with van der Waals surface area (Å²) in [6, 6.07) is 0.270. The second-order valence-electron chi connectivity index (χ2n) is 4.27. The average molecular weight is 223 g/mol. The molecule has 0 rings (SSSR count). The lowest BCUT2D eigenvalue weighted by Gasteiger charge is -2.26. The fraction of sp³-hybridized carbons (Fsp3) is 0.714. The second-order valence-corrected chi connectivity index (χ2v) is 10.4. The molecule has 0 atom stereocenters. The first-order chi connectivity index (χ1) is 5.59. The molecule has 13 heavy (non-hydrogen) atoms. The Labute approximate surface area is 83.6 Å². The Morgan fingerprint density at radius 1 is 1.23 bits per heavy atom. The van der Waals surface area contributed by atoms with E-state index in [9.17, 15) is 9.59 Å². The number of carbonyl (C=O) groups is 2. The predicted octanol–water partition coefficient (Wildman–Crippen LogP) is 0.273. The minimum Gasteiger partial charge on any atom is -0.368 e. The highest BCUT2D eigenvalue weighted by molar-refractivity contribution is 6.78. The fourth-order valence-electron chi connectivity index (χ4n) is 1.03. The molecule has 0 heterocycles. The van der Waals surface area contributed by atoms with Crippen molar-refractivity contribution < 1.29 is 9.59 Å². The quantitative estimate of drug-likeness (QED) is 0.407. The van der Waals surface area contributed by atoms with Gasteiger partial charge >= 0.3 is 0 Å². The third-order valence-electron chi connectivity index (χ3n) is 1.56. The number of hydrogen-bond acceptors (Lipinski definition) is 2. The van der Waals surface area contributed by atoms with Crippen LogP contribution in [0.25, 0.3) is 0 Å². The Morgan fingerprint density at radius 2 is 1.54 bits per heavy atom. The van der Waals surface area contributed by atoms with E-state index in [-0.39, 0.29) is 6.04 Å². The van der Waals surface area contributed by atoms with Gasteiger partial charge in [0.1, 0.15) is 0 Å². The van der Waals surface area contributed by atoms with Crippen molar-refractivity contribution in [1.82, 2.24) is 0 Å². The minimum absolute atomic E-state index is 0.270. The lowest BCUT2D eigenvalue weighted by Crippen LogP contribution is -2.53. The summed E-state index contributed by atoms with van der Waals surface area (Å²) in [4.78, 5) is 20.2. The van der Waals surface area contributed by atoms with E-state index in [4.69, 9.17) is 23.1 Å². The number of nitrogens with two attached hydrogens (primary N) is 2. The van der Waals surface area contributed by atoms with Crippen LogP contribution in [0.1, 0.15) is 0 Å². The first kappa shape index (κ1) is 12.4. The fourth-order valence-corrected chi connectivity index (χ4v) is 4.04. The van der Waals surface area contributed by atoms with Gasteiger partial charge in [-0.2, -0.15) is 0 Å². The molecule has 4 nitrogen and oxygen atoms in total. The van der Waals surface area contributed by atoms with Crippen LogP contribution >= 0.6 is 11.6 Å². The molecular formula is C7H15ClN2O2Si. The van der Waals surface area contributed by atoms with Gasteiger partial charge in [-0.3, -0.25) is 9.59 Å². The van der Waals surface area contributed by atoms with Gasteiger partial charge in [0.15, 0.2) is 4.87 Å². The lowest BCUT2D eigenvalue weighted by atomic mass is 10.1. The Hall–Kier alpha value is -0.553. The summed E-state index contributed by atoms with van der Waals surface area (Å²) in [6.07, 6.45) is 0. The molecule has 0 fully saturated rings. The summed E-state index contributed by atoms with van der Waals surface area (Å²) in [5.74, 6) is -1.71. The van der Waals surface area contributed by atoms with Crippen LogP contribution in [0.4, 0.5) is 0 Å². The van der Waals surface area contributed by atoms with Gasteiger partial charge in [0, 0.05) is 8.07 Å². The van der Waals surface area contributed by atoms with Crippen LogP contribution in [-0.4, -0.2) is 24.8 Å². The van der Waals surface area contributed by atoms with E-state index in [1.165, 1.54) is 0 Å². The number of halogens is 1. The maximum atomic E-state index is 11.0. The van der Waals surface area contributed by atoms with Crippen LogP contribution in [0, 0.1) is 0 Å². The van der Waals surface area contributed by atoms with Crippen molar-refractivity contribution in [2.45, 2.75) is 30.6 Å². The Bertz CT molecular complexity index is 223. The number of amides is 2. The van der Waals surface area contributed by atoms with Crippen molar-refractivity contribution in [3.63, 3.8) is 0 Å². The van der Waals surface area contributed by atoms with Gasteiger partial charge in [-0.05, 0) is 6.04 Å². The minimum atomic E-state index is -1.70. The molecule has 0 aromatic rings. The van der Waals surface area contributed by atoms with E-state index in [0.717, 1.165) is 0 Å². The van der Waals surface area contributed by atoms with E-state index >= 15 is 0 Å². The van der Waals surface area contributed by atoms with Gasteiger partial charge < -0.3 is 11.5 Å². The Balaban J connectivity index is 4.84. The first-order valence-electron chi connectivity index (χ1n) is 3.88. The summed E-state index contributed by atoms with van der Waals surface area (Å²) in [5, 5.41) is 0. The van der Waals surface area contributed by atoms with E-state index in [2.05, 4.69) is 0 Å². The third-order valence-corrected chi connectivity index (χ3v) is 3.88. The topological polar surface area (TPSA) is 86.2 Å². The van der Waals surface area contributed by atoms with E-state index in [1.54, 1.807) is 0 Å². The smallest absolute Gasteiger partial charge is 0.247 e. The Kier molecular flexibility index (Phi) is 3.52. The maximum absolute atomic E-state index is 11.0. The molecule has 0 unspecified atom stereocenters. The van der Waals surface area contributed by atoms with Gasteiger partial charge in [0.05, 0.1) is 0 Å². The highest BCUT2D eigenvalue weighted by atomic mass is 35.5. The van der Waals surface area contributed by atoms with Gasteiger partial charge in [-0.25, -0.2) is 0 Å². The van der Waals surface area contributed by atoms with Crippen molar-refractivity contribution in [2.75, 3.05) is 0 Å². The molecular weight excluding hydrogens is 208 g/mol. The molecule has 0 aromatic heterocycles. The summed E-state index contributed by atoms with van der Waals surface area (Å²) >= 11 is 5.78. The number of hydrogen-bond donors (Lipinski definition) is 2. The zero-order chi connectivity index (χ0) is 10.9. The number of carbonyl (C=O) groups excluding carboxylic acids is 2. The lowest BCUT2D eigenvalue weighted by molar-refractivity contribution is -0.129. The van der Waals surface area contributed by atoms with Gasteiger partial charge in [-0.15, -0.1) is 0 Å². The molecule has 4 N–H and O–H groups in total. The van der Waals surface area contributed by atoms with Gasteiger partial charge in [0.25, 0.3) is 0 Å². The molecule has 2 amide bonds. The van der Waals surface area contributed by atoms with Crippen LogP contribution in [0.15, 0.2) is 0 Å². The standard InChI is InChI=1S/C7H15ClN2O2Si/c1-13(2,3)4-7(8,5(9)11)6(10)12/h4H2,1-3H3,(H2,9,11)(H2,10,12). The molecule has 76 valence electrons. The summed E-state index contributed by atoms with van der Waals surface area (Å²) in [6.45, 7) is 5.95.